The van der Waals surface area contributed by atoms with Crippen molar-refractivity contribution in [2.75, 3.05) is 25.5 Å². The average Bonchev–Trinajstić information content (AvgIpc) is 2.36. The molecule has 7 heteroatoms. The smallest absolute Gasteiger partial charge is 0.304 e. The van der Waals surface area contributed by atoms with Crippen LogP contribution >= 0.6 is 12.4 Å². The summed E-state index contributed by atoms with van der Waals surface area (Å²) < 4.78 is 12.7. The van der Waals surface area contributed by atoms with Crippen LogP contribution in [0.2, 0.25) is 0 Å². The van der Waals surface area contributed by atoms with Crippen molar-refractivity contribution < 1.29 is 19.1 Å². The summed E-state index contributed by atoms with van der Waals surface area (Å²) in [6.07, 6.45) is 0.309. The van der Waals surface area contributed by atoms with Gasteiger partial charge in [0.2, 0.25) is 5.91 Å². The first kappa shape index (κ1) is 18.3. The normalized spacial score (nSPS) is 9.95. The predicted octanol–water partition coefficient (Wildman–Crippen LogP) is 1.98. The van der Waals surface area contributed by atoms with Gasteiger partial charge in [-0.15, -0.1) is 12.4 Å². The quantitative estimate of drug-likeness (QED) is 0.808. The maximum Gasteiger partial charge on any atom is 0.304 e. The molecule has 5 nitrogen and oxygen atoms in total. The highest BCUT2D eigenvalue weighted by Crippen LogP contribution is 2.08. The van der Waals surface area contributed by atoms with E-state index in [-0.39, 0.29) is 37.0 Å². The summed E-state index contributed by atoms with van der Waals surface area (Å²) in [5.74, 6) is -1.40. The second-order valence-electron chi connectivity index (χ2n) is 4.25. The van der Waals surface area contributed by atoms with Gasteiger partial charge in [0.05, 0.1) is 6.42 Å². The van der Waals surface area contributed by atoms with Crippen molar-refractivity contribution in [2.45, 2.75) is 12.8 Å². The first-order chi connectivity index (χ1) is 8.97. The number of rotatable bonds is 7. The predicted molar refractivity (Wildman–Crippen MR) is 76.6 cm³/mol. The molecule has 0 aliphatic rings. The van der Waals surface area contributed by atoms with Crippen molar-refractivity contribution in [1.29, 1.82) is 0 Å². The number of carboxylic acid groups (broad SMARTS) is 1. The molecule has 20 heavy (non-hydrogen) atoms. The molecule has 0 heterocycles. The van der Waals surface area contributed by atoms with Crippen LogP contribution in [0, 0.1) is 5.82 Å². The zero-order chi connectivity index (χ0) is 14.3. The third kappa shape index (κ3) is 7.70. The van der Waals surface area contributed by atoms with Crippen LogP contribution in [0.15, 0.2) is 24.3 Å². The molecular formula is C13H18ClFN2O3. The Morgan fingerprint density at radius 2 is 1.75 bits per heavy atom. The minimum atomic E-state index is -0.859. The number of benzene rings is 1. The van der Waals surface area contributed by atoms with Crippen LogP contribution in [0.3, 0.4) is 0 Å². The highest BCUT2D eigenvalue weighted by Gasteiger charge is 2.06. The topological polar surface area (TPSA) is 69.6 Å². The highest BCUT2D eigenvalue weighted by molar-refractivity contribution is 5.90. The maximum atomic E-state index is 12.7. The number of aliphatic carboxylic acids is 1. The molecule has 0 radical (unpaired) electrons. The molecule has 0 unspecified atom stereocenters. The number of hydrogen-bond donors (Lipinski definition) is 2. The van der Waals surface area contributed by atoms with Gasteiger partial charge >= 0.3 is 5.97 Å². The summed E-state index contributed by atoms with van der Waals surface area (Å²) in [5.41, 5.74) is 0.541. The van der Waals surface area contributed by atoms with E-state index < -0.39 is 5.97 Å². The SMILES string of the molecule is CN(CCC(=O)O)CCC(=O)Nc1ccc(F)cc1.Cl. The average molecular weight is 305 g/mol. The number of carbonyl (C=O) groups excluding carboxylic acids is 1. The van der Waals surface area contributed by atoms with Gasteiger partial charge in [0.1, 0.15) is 5.82 Å². The first-order valence-electron chi connectivity index (χ1n) is 5.93. The summed E-state index contributed by atoms with van der Waals surface area (Å²) in [6.45, 7) is 0.874. The molecule has 0 aliphatic heterocycles. The van der Waals surface area contributed by atoms with E-state index in [1.54, 1.807) is 11.9 Å². The van der Waals surface area contributed by atoms with Crippen molar-refractivity contribution >= 4 is 30.0 Å². The zero-order valence-electron chi connectivity index (χ0n) is 11.1. The van der Waals surface area contributed by atoms with Crippen LogP contribution < -0.4 is 5.32 Å². The fourth-order valence-corrected chi connectivity index (χ4v) is 1.45. The van der Waals surface area contributed by atoms with Crippen molar-refractivity contribution in [3.63, 3.8) is 0 Å². The van der Waals surface area contributed by atoms with Crippen molar-refractivity contribution in [2.24, 2.45) is 0 Å². The second kappa shape index (κ2) is 9.28. The molecule has 0 saturated heterocycles. The molecule has 0 aromatic heterocycles. The van der Waals surface area contributed by atoms with Gasteiger partial charge in [-0.3, -0.25) is 9.59 Å². The molecule has 112 valence electrons. The Balaban J connectivity index is 0.00000361. The van der Waals surface area contributed by atoms with Crippen LogP contribution in [0.1, 0.15) is 12.8 Å². The number of hydrogen-bond acceptors (Lipinski definition) is 3. The third-order valence-electron chi connectivity index (χ3n) is 2.56. The number of nitrogens with one attached hydrogen (secondary N) is 1. The lowest BCUT2D eigenvalue weighted by atomic mass is 10.3. The Morgan fingerprint density at radius 3 is 2.30 bits per heavy atom. The van der Waals surface area contributed by atoms with E-state index >= 15 is 0 Å². The third-order valence-corrected chi connectivity index (χ3v) is 2.56. The van der Waals surface area contributed by atoms with E-state index in [1.807, 2.05) is 0 Å². The molecule has 1 amide bonds. The molecule has 1 aromatic carbocycles. The number of nitrogens with zero attached hydrogens (tertiary/aromatic N) is 1. The van der Waals surface area contributed by atoms with Crippen LogP contribution in [-0.4, -0.2) is 42.0 Å². The van der Waals surface area contributed by atoms with Crippen LogP contribution in [0.5, 0.6) is 0 Å². The van der Waals surface area contributed by atoms with Gasteiger partial charge in [-0.05, 0) is 31.3 Å². The van der Waals surface area contributed by atoms with Crippen molar-refractivity contribution in [3.05, 3.63) is 30.1 Å². The van der Waals surface area contributed by atoms with E-state index in [4.69, 9.17) is 5.11 Å². The molecule has 0 aliphatic carbocycles. The number of halogens is 2. The van der Waals surface area contributed by atoms with Crippen LogP contribution in [0.25, 0.3) is 0 Å². The minimum absolute atomic E-state index is 0. The fraction of sp³-hybridized carbons (Fsp3) is 0.385. The molecule has 1 rings (SSSR count). The van der Waals surface area contributed by atoms with Gasteiger partial charge in [-0.25, -0.2) is 4.39 Å². The van der Waals surface area contributed by atoms with Crippen molar-refractivity contribution in [3.8, 4) is 0 Å². The zero-order valence-corrected chi connectivity index (χ0v) is 12.0. The lowest BCUT2D eigenvalue weighted by molar-refractivity contribution is -0.137. The van der Waals surface area contributed by atoms with Gasteiger partial charge in [0, 0.05) is 25.2 Å². The van der Waals surface area contributed by atoms with Crippen molar-refractivity contribution in [1.82, 2.24) is 4.90 Å². The van der Waals surface area contributed by atoms with E-state index in [1.165, 1.54) is 24.3 Å². The molecule has 0 spiro atoms. The Labute approximate surface area is 123 Å². The summed E-state index contributed by atoms with van der Waals surface area (Å²) in [6, 6.07) is 5.52. The van der Waals surface area contributed by atoms with Gasteiger partial charge in [-0.1, -0.05) is 0 Å². The summed E-state index contributed by atoms with van der Waals surface area (Å²) in [5, 5.41) is 11.2. The number of anilines is 1. The van der Waals surface area contributed by atoms with Gasteiger partial charge in [0.25, 0.3) is 0 Å². The lowest BCUT2D eigenvalue weighted by Crippen LogP contribution is -2.26. The molecular weight excluding hydrogens is 287 g/mol. The van der Waals surface area contributed by atoms with E-state index in [0.717, 1.165) is 0 Å². The Bertz CT molecular complexity index is 440. The number of carbonyl (C=O) groups is 2. The number of carboxylic acids is 1. The Hall–Kier alpha value is -1.66. The standard InChI is InChI=1S/C13H17FN2O3.ClH/c1-16(9-7-13(18)19)8-6-12(17)15-11-4-2-10(14)3-5-11;/h2-5H,6-9H2,1H3,(H,15,17)(H,18,19);1H. The van der Waals surface area contributed by atoms with Gasteiger partial charge in [0.15, 0.2) is 0 Å². The molecule has 0 fully saturated rings. The maximum absolute atomic E-state index is 12.7. The fourth-order valence-electron chi connectivity index (χ4n) is 1.45. The summed E-state index contributed by atoms with van der Waals surface area (Å²) >= 11 is 0. The Kier molecular flexibility index (Phi) is 8.51. The van der Waals surface area contributed by atoms with Gasteiger partial charge in [-0.2, -0.15) is 0 Å². The molecule has 0 saturated carbocycles. The monoisotopic (exact) mass is 304 g/mol. The second-order valence-corrected chi connectivity index (χ2v) is 4.25. The molecule has 0 bridgehead atoms. The van der Waals surface area contributed by atoms with E-state index in [2.05, 4.69) is 5.32 Å². The largest absolute Gasteiger partial charge is 0.481 e. The highest BCUT2D eigenvalue weighted by atomic mass is 35.5. The van der Waals surface area contributed by atoms with Crippen LogP contribution in [0.4, 0.5) is 10.1 Å². The lowest BCUT2D eigenvalue weighted by Gasteiger charge is -2.14. The van der Waals surface area contributed by atoms with E-state index in [0.29, 0.717) is 18.8 Å². The minimum Gasteiger partial charge on any atom is -0.481 e. The van der Waals surface area contributed by atoms with E-state index in [9.17, 15) is 14.0 Å². The summed E-state index contributed by atoms with van der Waals surface area (Å²) in [7, 11) is 1.76. The Morgan fingerprint density at radius 1 is 1.20 bits per heavy atom. The molecule has 1 aromatic rings. The molecule has 2 N–H and O–H groups in total. The first-order valence-corrected chi connectivity index (χ1v) is 5.93. The summed E-state index contributed by atoms with van der Waals surface area (Å²) in [4.78, 5) is 23.7. The number of amides is 1. The van der Waals surface area contributed by atoms with Crippen LogP contribution in [-0.2, 0) is 9.59 Å². The van der Waals surface area contributed by atoms with Gasteiger partial charge < -0.3 is 15.3 Å². The molecule has 0 atom stereocenters.